The molecule has 1 atom stereocenters. The number of fused-ring (bicyclic) bond motifs is 2. The van der Waals surface area contributed by atoms with Crippen LogP contribution < -0.4 is 10.3 Å². The van der Waals surface area contributed by atoms with Gasteiger partial charge in [0.1, 0.15) is 11.8 Å². The van der Waals surface area contributed by atoms with Crippen molar-refractivity contribution < 1.29 is 17.9 Å². The largest absolute Gasteiger partial charge is 0.497 e. The highest BCUT2D eigenvalue weighted by molar-refractivity contribution is 7.89. The second-order valence-electron chi connectivity index (χ2n) is 8.70. The van der Waals surface area contributed by atoms with Crippen LogP contribution in [0, 0.1) is 0 Å². The van der Waals surface area contributed by atoms with Crippen LogP contribution in [0.2, 0.25) is 0 Å². The Morgan fingerprint density at radius 1 is 0.971 bits per heavy atom. The first kappa shape index (κ1) is 23.1. The van der Waals surface area contributed by atoms with E-state index in [4.69, 9.17) is 4.74 Å². The second-order valence-corrected chi connectivity index (χ2v) is 10.7. The van der Waals surface area contributed by atoms with Crippen LogP contribution in [-0.4, -0.2) is 55.3 Å². The molecule has 0 bridgehead atoms. The number of amides is 1. The van der Waals surface area contributed by atoms with Gasteiger partial charge in [0.05, 0.1) is 12.0 Å². The topological polar surface area (TPSA) is 99.8 Å². The summed E-state index contributed by atoms with van der Waals surface area (Å²) in [7, 11) is -0.875. The molecule has 1 aromatic heterocycles. The number of hydrogen-bond donors (Lipinski definition) is 1. The van der Waals surface area contributed by atoms with E-state index in [2.05, 4.69) is 4.98 Å². The Balaban J connectivity index is 1.36. The van der Waals surface area contributed by atoms with Crippen molar-refractivity contribution >= 4 is 37.6 Å². The number of carbonyl (C=O) groups is 1. The lowest BCUT2D eigenvalue weighted by Gasteiger charge is -2.24. The number of H-pyrrole nitrogens is 1. The fraction of sp³-hybridized carbons (Fsp3) is 0.231. The Bertz CT molecular complexity index is 1610. The van der Waals surface area contributed by atoms with Crippen LogP contribution in [0.5, 0.6) is 5.75 Å². The highest BCUT2D eigenvalue weighted by atomic mass is 32.2. The van der Waals surface area contributed by atoms with Crippen molar-refractivity contribution in [1.82, 2.24) is 14.2 Å². The Hall–Kier alpha value is -3.69. The molecular formula is C26H25N3O5S. The number of nitrogens with one attached hydrogen (secondary N) is 1. The normalized spacial score (nSPS) is 16.5. The van der Waals surface area contributed by atoms with E-state index >= 15 is 0 Å². The van der Waals surface area contributed by atoms with Crippen LogP contribution in [0.3, 0.4) is 0 Å². The third kappa shape index (κ3) is 4.28. The van der Waals surface area contributed by atoms with Gasteiger partial charge in [0.15, 0.2) is 0 Å². The van der Waals surface area contributed by atoms with Crippen molar-refractivity contribution in [1.29, 1.82) is 0 Å². The maximum atomic E-state index is 13.4. The van der Waals surface area contributed by atoms with Gasteiger partial charge in [0.2, 0.25) is 21.5 Å². The first-order chi connectivity index (χ1) is 16.8. The maximum absolute atomic E-state index is 13.4. The van der Waals surface area contributed by atoms with E-state index in [1.54, 1.807) is 42.3 Å². The number of methoxy groups -OCH3 is 1. The summed E-state index contributed by atoms with van der Waals surface area (Å²) in [5, 5.41) is 2.54. The van der Waals surface area contributed by atoms with Gasteiger partial charge in [-0.3, -0.25) is 9.59 Å². The number of likely N-dealkylation sites (tertiary alicyclic amines) is 1. The standard InChI is InChI=1S/C26H25N3O5S/c1-28(35(32,33)22-9-6-18-5-8-21(34-2)14-20(18)15-22)24-11-12-29(26(24)31)16-17-3-4-19-7-10-25(30)27-23(19)13-17/h3-10,13-15,24H,11-12,16H2,1-2H3,(H,27,30). The predicted octanol–water partition coefficient (Wildman–Crippen LogP) is 3.11. The summed E-state index contributed by atoms with van der Waals surface area (Å²) in [5.74, 6) is 0.403. The van der Waals surface area contributed by atoms with Crippen molar-refractivity contribution in [3.05, 3.63) is 82.6 Å². The molecule has 0 radical (unpaired) electrons. The molecular weight excluding hydrogens is 466 g/mol. The fourth-order valence-corrected chi connectivity index (χ4v) is 5.94. The number of pyridine rings is 1. The van der Waals surface area contributed by atoms with Crippen molar-refractivity contribution in [3.8, 4) is 5.75 Å². The Morgan fingerprint density at radius 2 is 1.71 bits per heavy atom. The number of benzene rings is 3. The van der Waals surface area contributed by atoms with Crippen LogP contribution in [0.4, 0.5) is 0 Å². The van der Waals surface area contributed by atoms with Gasteiger partial charge in [-0.1, -0.05) is 24.3 Å². The smallest absolute Gasteiger partial charge is 0.248 e. The quantitative estimate of drug-likeness (QED) is 0.447. The molecule has 0 aliphatic carbocycles. The lowest BCUT2D eigenvalue weighted by atomic mass is 10.1. The van der Waals surface area contributed by atoms with Gasteiger partial charge in [-0.05, 0) is 64.5 Å². The van der Waals surface area contributed by atoms with Crippen LogP contribution in [0.25, 0.3) is 21.7 Å². The Kier molecular flexibility index (Phi) is 5.82. The van der Waals surface area contributed by atoms with Crippen molar-refractivity contribution in [3.63, 3.8) is 0 Å². The third-order valence-electron chi connectivity index (χ3n) is 6.57. The number of carbonyl (C=O) groups excluding carboxylic acids is 1. The molecule has 8 nitrogen and oxygen atoms in total. The number of aromatic amines is 1. The van der Waals surface area contributed by atoms with Crippen LogP contribution in [0.15, 0.2) is 76.4 Å². The molecule has 2 heterocycles. The van der Waals surface area contributed by atoms with E-state index < -0.39 is 16.1 Å². The van der Waals surface area contributed by atoms with Crippen LogP contribution in [0.1, 0.15) is 12.0 Å². The molecule has 1 fully saturated rings. The van der Waals surface area contributed by atoms with E-state index in [0.29, 0.717) is 30.8 Å². The van der Waals surface area contributed by atoms with Gasteiger partial charge in [0.25, 0.3) is 0 Å². The highest BCUT2D eigenvalue weighted by Gasteiger charge is 2.39. The van der Waals surface area contributed by atoms with Crippen molar-refractivity contribution in [2.24, 2.45) is 0 Å². The monoisotopic (exact) mass is 491 g/mol. The summed E-state index contributed by atoms with van der Waals surface area (Å²) in [6.45, 7) is 0.785. The average molecular weight is 492 g/mol. The summed E-state index contributed by atoms with van der Waals surface area (Å²) in [5.41, 5.74) is 1.37. The fourth-order valence-electron chi connectivity index (χ4n) is 4.56. The molecule has 1 amide bonds. The lowest BCUT2D eigenvalue weighted by Crippen LogP contribution is -2.42. The predicted molar refractivity (Wildman–Crippen MR) is 134 cm³/mol. The summed E-state index contributed by atoms with van der Waals surface area (Å²) in [6, 6.07) is 18.5. The van der Waals surface area contributed by atoms with Crippen LogP contribution in [-0.2, 0) is 21.4 Å². The number of rotatable bonds is 6. The van der Waals surface area contributed by atoms with Crippen molar-refractivity contribution in [2.45, 2.75) is 23.9 Å². The maximum Gasteiger partial charge on any atom is 0.248 e. The molecule has 1 unspecified atom stereocenters. The number of sulfonamides is 1. The van der Waals surface area contributed by atoms with E-state index in [1.165, 1.54) is 17.4 Å². The van der Waals surface area contributed by atoms with E-state index in [9.17, 15) is 18.0 Å². The minimum atomic E-state index is -3.89. The molecule has 0 saturated carbocycles. The molecule has 1 N–H and O–H groups in total. The second kappa shape index (κ2) is 8.83. The summed E-state index contributed by atoms with van der Waals surface area (Å²) >= 11 is 0. The molecule has 1 aliphatic heterocycles. The Morgan fingerprint density at radius 3 is 2.51 bits per heavy atom. The minimum Gasteiger partial charge on any atom is -0.497 e. The number of ether oxygens (including phenoxy) is 1. The average Bonchev–Trinajstić information content (AvgIpc) is 3.22. The van der Waals surface area contributed by atoms with E-state index in [0.717, 1.165) is 21.7 Å². The van der Waals surface area contributed by atoms with Gasteiger partial charge in [-0.25, -0.2) is 8.42 Å². The molecule has 5 rings (SSSR count). The van der Waals surface area contributed by atoms with Gasteiger partial charge >= 0.3 is 0 Å². The number of likely N-dealkylation sites (N-methyl/N-ethyl adjacent to an activating group) is 1. The van der Waals surface area contributed by atoms with Gasteiger partial charge in [0, 0.05) is 31.7 Å². The summed E-state index contributed by atoms with van der Waals surface area (Å²) in [6.07, 6.45) is 0.403. The number of nitrogens with zero attached hydrogens (tertiary/aromatic N) is 2. The van der Waals surface area contributed by atoms with Gasteiger partial charge in [-0.2, -0.15) is 4.31 Å². The zero-order valence-electron chi connectivity index (χ0n) is 19.4. The molecule has 1 saturated heterocycles. The first-order valence-electron chi connectivity index (χ1n) is 11.2. The molecule has 4 aromatic rings. The Labute approximate surface area is 202 Å². The van der Waals surface area contributed by atoms with Crippen molar-refractivity contribution in [2.75, 3.05) is 20.7 Å². The lowest BCUT2D eigenvalue weighted by molar-refractivity contribution is -0.131. The zero-order chi connectivity index (χ0) is 24.7. The molecule has 3 aromatic carbocycles. The van der Waals surface area contributed by atoms with Crippen LogP contribution >= 0.6 is 0 Å². The SMILES string of the molecule is COc1ccc2ccc(S(=O)(=O)N(C)C3CCN(Cc4ccc5ccc(=O)[nH]c5c4)C3=O)cc2c1. The minimum absolute atomic E-state index is 0.130. The van der Waals surface area contributed by atoms with E-state index in [-0.39, 0.29) is 16.4 Å². The third-order valence-corrected chi connectivity index (χ3v) is 8.43. The molecule has 0 spiro atoms. The van der Waals surface area contributed by atoms with Gasteiger partial charge < -0.3 is 14.6 Å². The van der Waals surface area contributed by atoms with Gasteiger partial charge in [-0.15, -0.1) is 0 Å². The van der Waals surface area contributed by atoms with E-state index in [1.807, 2.05) is 30.3 Å². The summed E-state index contributed by atoms with van der Waals surface area (Å²) < 4.78 is 33.2. The first-order valence-corrected chi connectivity index (χ1v) is 12.7. The number of hydrogen-bond acceptors (Lipinski definition) is 5. The molecule has 9 heteroatoms. The highest BCUT2D eigenvalue weighted by Crippen LogP contribution is 2.28. The zero-order valence-corrected chi connectivity index (χ0v) is 20.2. The summed E-state index contributed by atoms with van der Waals surface area (Å²) in [4.78, 5) is 29.4. The number of aromatic nitrogens is 1. The molecule has 180 valence electrons. The molecule has 35 heavy (non-hydrogen) atoms. The molecule has 1 aliphatic rings.